The number of aryl methyl sites for hydroxylation is 1. The minimum atomic E-state index is -0.260. The standard InChI is InChI=1S/C21H20N4O3/c1-14-9-10-15-5-4-8-18(20(15)23-14)28-12-11-22-19(26)13-25-21(27)16-6-2-3-7-17(16)24-25/h2-10,24H,11-13H2,1H3,(H,22,26). The van der Waals surface area contributed by atoms with Crippen LogP contribution in [0, 0.1) is 6.92 Å². The third-order valence-electron chi connectivity index (χ3n) is 4.46. The van der Waals surface area contributed by atoms with Gasteiger partial charge in [0.05, 0.1) is 17.4 Å². The van der Waals surface area contributed by atoms with Crippen LogP contribution in [0.15, 0.2) is 59.4 Å². The topological polar surface area (TPSA) is 89.0 Å². The number of hydrogen-bond acceptors (Lipinski definition) is 4. The lowest BCUT2D eigenvalue weighted by atomic mass is 10.2. The largest absolute Gasteiger partial charge is 0.489 e. The van der Waals surface area contributed by atoms with Gasteiger partial charge in [-0.05, 0) is 31.2 Å². The molecule has 2 aromatic carbocycles. The molecule has 0 aliphatic rings. The number of pyridine rings is 1. The second-order valence-corrected chi connectivity index (χ2v) is 6.53. The number of hydrogen-bond donors (Lipinski definition) is 2. The summed E-state index contributed by atoms with van der Waals surface area (Å²) in [7, 11) is 0. The fraction of sp³-hybridized carbons (Fsp3) is 0.190. The monoisotopic (exact) mass is 376 g/mol. The Morgan fingerprint density at radius 1 is 1.14 bits per heavy atom. The number of amides is 1. The zero-order valence-electron chi connectivity index (χ0n) is 15.4. The molecule has 2 heterocycles. The van der Waals surface area contributed by atoms with E-state index >= 15 is 0 Å². The van der Waals surface area contributed by atoms with Crippen LogP contribution < -0.4 is 15.6 Å². The molecular formula is C21H20N4O3. The Labute approximate surface area is 160 Å². The Balaban J connectivity index is 1.34. The molecule has 0 saturated carbocycles. The fourth-order valence-corrected chi connectivity index (χ4v) is 3.10. The molecule has 0 aliphatic heterocycles. The van der Waals surface area contributed by atoms with Gasteiger partial charge >= 0.3 is 0 Å². The fourth-order valence-electron chi connectivity index (χ4n) is 3.10. The van der Waals surface area contributed by atoms with Crippen LogP contribution in [0.3, 0.4) is 0 Å². The van der Waals surface area contributed by atoms with E-state index in [4.69, 9.17) is 4.74 Å². The van der Waals surface area contributed by atoms with Crippen LogP contribution in [-0.4, -0.2) is 33.8 Å². The lowest BCUT2D eigenvalue weighted by Gasteiger charge is -2.10. The highest BCUT2D eigenvalue weighted by Gasteiger charge is 2.10. The van der Waals surface area contributed by atoms with Crippen LogP contribution in [0.1, 0.15) is 5.69 Å². The van der Waals surface area contributed by atoms with Crippen LogP contribution in [0.4, 0.5) is 0 Å². The maximum atomic E-state index is 12.3. The van der Waals surface area contributed by atoms with Gasteiger partial charge in [0.1, 0.15) is 24.4 Å². The zero-order valence-corrected chi connectivity index (χ0v) is 15.4. The lowest BCUT2D eigenvalue weighted by molar-refractivity contribution is -0.122. The van der Waals surface area contributed by atoms with Gasteiger partial charge in [0.15, 0.2) is 0 Å². The number of H-pyrrole nitrogens is 1. The van der Waals surface area contributed by atoms with Crippen molar-refractivity contribution >= 4 is 27.7 Å². The molecule has 4 rings (SSSR count). The van der Waals surface area contributed by atoms with E-state index in [0.717, 1.165) is 16.6 Å². The average Bonchev–Trinajstić information content (AvgIpc) is 3.01. The number of fused-ring (bicyclic) bond motifs is 2. The van der Waals surface area contributed by atoms with Crippen LogP contribution in [0.2, 0.25) is 0 Å². The minimum absolute atomic E-state index is 0.0669. The van der Waals surface area contributed by atoms with Gasteiger partial charge in [-0.1, -0.05) is 30.3 Å². The van der Waals surface area contributed by atoms with E-state index in [9.17, 15) is 9.59 Å². The zero-order chi connectivity index (χ0) is 19.5. The van der Waals surface area contributed by atoms with Crippen molar-refractivity contribution in [1.82, 2.24) is 20.1 Å². The predicted molar refractivity (Wildman–Crippen MR) is 108 cm³/mol. The van der Waals surface area contributed by atoms with Crippen LogP contribution in [-0.2, 0) is 11.3 Å². The van der Waals surface area contributed by atoms with Gasteiger partial charge in [0, 0.05) is 11.1 Å². The molecule has 0 fully saturated rings. The van der Waals surface area contributed by atoms with E-state index in [1.54, 1.807) is 18.2 Å². The summed E-state index contributed by atoms with van der Waals surface area (Å²) in [6.45, 7) is 2.50. The van der Waals surface area contributed by atoms with Crippen molar-refractivity contribution in [2.75, 3.05) is 13.2 Å². The van der Waals surface area contributed by atoms with Crippen molar-refractivity contribution < 1.29 is 9.53 Å². The SMILES string of the molecule is Cc1ccc2cccc(OCCNC(=O)Cn3[nH]c4ccccc4c3=O)c2n1. The Hall–Kier alpha value is -3.61. The summed E-state index contributed by atoms with van der Waals surface area (Å²) in [5.74, 6) is 0.423. The number of aromatic nitrogens is 3. The van der Waals surface area contributed by atoms with E-state index in [0.29, 0.717) is 29.8 Å². The average molecular weight is 376 g/mol. The van der Waals surface area contributed by atoms with Gasteiger partial charge in [-0.2, -0.15) is 0 Å². The molecule has 0 saturated heterocycles. The minimum Gasteiger partial charge on any atom is -0.489 e. The highest BCUT2D eigenvalue weighted by Crippen LogP contribution is 2.23. The van der Waals surface area contributed by atoms with Crippen molar-refractivity contribution in [2.45, 2.75) is 13.5 Å². The molecule has 1 amide bonds. The van der Waals surface area contributed by atoms with E-state index in [2.05, 4.69) is 15.4 Å². The molecule has 0 atom stereocenters. The summed E-state index contributed by atoms with van der Waals surface area (Å²) in [4.78, 5) is 28.9. The van der Waals surface area contributed by atoms with Crippen molar-refractivity contribution in [1.29, 1.82) is 0 Å². The van der Waals surface area contributed by atoms with Crippen molar-refractivity contribution in [3.63, 3.8) is 0 Å². The number of rotatable bonds is 6. The molecule has 2 aromatic heterocycles. The first kappa shape index (κ1) is 17.8. The Kier molecular flexibility index (Phi) is 4.80. The molecule has 0 unspecified atom stereocenters. The van der Waals surface area contributed by atoms with Gasteiger partial charge in [0.25, 0.3) is 5.56 Å². The summed E-state index contributed by atoms with van der Waals surface area (Å²) in [5.41, 5.74) is 2.22. The summed E-state index contributed by atoms with van der Waals surface area (Å²) in [6, 6.07) is 16.9. The lowest BCUT2D eigenvalue weighted by Crippen LogP contribution is -2.34. The van der Waals surface area contributed by atoms with Gasteiger partial charge in [-0.15, -0.1) is 0 Å². The third kappa shape index (κ3) is 3.59. The molecule has 28 heavy (non-hydrogen) atoms. The molecule has 0 radical (unpaired) electrons. The van der Waals surface area contributed by atoms with Crippen molar-refractivity contribution in [2.24, 2.45) is 0 Å². The van der Waals surface area contributed by atoms with E-state index in [-0.39, 0.29) is 18.0 Å². The summed E-state index contributed by atoms with van der Waals surface area (Å²) in [5, 5.41) is 7.28. The second-order valence-electron chi connectivity index (χ2n) is 6.53. The molecule has 2 N–H and O–H groups in total. The molecule has 7 heteroatoms. The second kappa shape index (κ2) is 7.56. The molecular weight excluding hydrogens is 356 g/mol. The highest BCUT2D eigenvalue weighted by molar-refractivity contribution is 5.84. The number of carbonyl (C=O) groups is 1. The quantitative estimate of drug-likeness (QED) is 0.506. The van der Waals surface area contributed by atoms with E-state index in [1.807, 2.05) is 43.3 Å². The van der Waals surface area contributed by atoms with Gasteiger partial charge in [-0.3, -0.25) is 14.7 Å². The number of ether oxygens (including phenoxy) is 1. The predicted octanol–water partition coefficient (Wildman–Crippen LogP) is 2.38. The Morgan fingerprint density at radius 2 is 2.00 bits per heavy atom. The van der Waals surface area contributed by atoms with Crippen LogP contribution in [0.25, 0.3) is 21.8 Å². The normalized spacial score (nSPS) is 11.0. The number of para-hydroxylation sites is 2. The smallest absolute Gasteiger partial charge is 0.274 e. The summed E-state index contributed by atoms with van der Waals surface area (Å²) in [6.07, 6.45) is 0. The number of aromatic amines is 1. The summed E-state index contributed by atoms with van der Waals surface area (Å²) >= 11 is 0. The first-order valence-electron chi connectivity index (χ1n) is 9.05. The number of carbonyl (C=O) groups excluding carboxylic acids is 1. The Bertz CT molecular complexity index is 1210. The molecule has 0 aliphatic carbocycles. The van der Waals surface area contributed by atoms with Gasteiger partial charge < -0.3 is 10.1 Å². The number of benzene rings is 2. The first-order chi connectivity index (χ1) is 13.6. The van der Waals surface area contributed by atoms with Crippen LogP contribution in [0.5, 0.6) is 5.75 Å². The molecule has 7 nitrogen and oxygen atoms in total. The first-order valence-corrected chi connectivity index (χ1v) is 9.05. The number of nitrogens with zero attached hydrogens (tertiary/aromatic N) is 2. The summed E-state index contributed by atoms with van der Waals surface area (Å²) < 4.78 is 7.10. The van der Waals surface area contributed by atoms with Gasteiger partial charge in [-0.25, -0.2) is 9.67 Å². The molecule has 0 spiro atoms. The van der Waals surface area contributed by atoms with Crippen molar-refractivity contribution in [3.05, 3.63) is 70.6 Å². The van der Waals surface area contributed by atoms with Crippen molar-refractivity contribution in [3.8, 4) is 5.75 Å². The molecule has 0 bridgehead atoms. The van der Waals surface area contributed by atoms with Crippen LogP contribution >= 0.6 is 0 Å². The maximum absolute atomic E-state index is 12.3. The van der Waals surface area contributed by atoms with Gasteiger partial charge in [0.2, 0.25) is 5.91 Å². The number of nitrogens with one attached hydrogen (secondary N) is 2. The maximum Gasteiger partial charge on any atom is 0.274 e. The highest BCUT2D eigenvalue weighted by atomic mass is 16.5. The van der Waals surface area contributed by atoms with E-state index < -0.39 is 0 Å². The third-order valence-corrected chi connectivity index (χ3v) is 4.46. The Morgan fingerprint density at radius 3 is 2.86 bits per heavy atom. The molecule has 4 aromatic rings. The molecule has 142 valence electrons. The van der Waals surface area contributed by atoms with E-state index in [1.165, 1.54) is 4.68 Å².